The van der Waals surface area contributed by atoms with Crippen molar-refractivity contribution in [2.45, 2.75) is 26.3 Å². The van der Waals surface area contributed by atoms with Crippen LogP contribution in [0.25, 0.3) is 0 Å². The number of unbranched alkanes of at least 4 members (excludes halogenated alkanes) is 1. The lowest BCUT2D eigenvalue weighted by molar-refractivity contribution is 0.180. The van der Waals surface area contributed by atoms with Gasteiger partial charge in [0, 0.05) is 43.1 Å². The summed E-state index contributed by atoms with van der Waals surface area (Å²) in [6.45, 7) is 7.53. The van der Waals surface area contributed by atoms with Crippen molar-refractivity contribution in [1.29, 1.82) is 5.41 Å². The third-order valence-electron chi connectivity index (χ3n) is 6.40. The van der Waals surface area contributed by atoms with Crippen molar-refractivity contribution in [3.8, 4) is 0 Å². The monoisotopic (exact) mass is 469 g/mol. The van der Waals surface area contributed by atoms with Crippen molar-refractivity contribution in [3.63, 3.8) is 0 Å². The molecule has 35 heavy (non-hydrogen) atoms. The highest BCUT2D eigenvalue weighted by Crippen LogP contribution is 2.20. The number of carbonyl (C=O) groups is 1. The van der Waals surface area contributed by atoms with E-state index in [1.165, 1.54) is 12.8 Å². The molecular weight excluding hydrogens is 434 g/mol. The van der Waals surface area contributed by atoms with Gasteiger partial charge in [-0.1, -0.05) is 74.0 Å². The van der Waals surface area contributed by atoms with E-state index in [9.17, 15) is 4.79 Å². The number of urea groups is 1. The smallest absolute Gasteiger partial charge is 0.326 e. The molecule has 4 rings (SSSR count). The Balaban J connectivity index is 1.44. The van der Waals surface area contributed by atoms with Crippen LogP contribution in [0.2, 0.25) is 0 Å². The Kier molecular flexibility index (Phi) is 8.52. The van der Waals surface area contributed by atoms with E-state index in [2.05, 4.69) is 22.0 Å². The molecule has 182 valence electrons. The summed E-state index contributed by atoms with van der Waals surface area (Å²) in [4.78, 5) is 19.7. The van der Waals surface area contributed by atoms with E-state index < -0.39 is 0 Å². The third kappa shape index (κ3) is 6.70. The van der Waals surface area contributed by atoms with Gasteiger partial charge in [-0.05, 0) is 42.8 Å². The molecule has 0 aromatic heterocycles. The van der Waals surface area contributed by atoms with Crippen molar-refractivity contribution in [1.82, 2.24) is 9.80 Å². The number of carbonyl (C=O) groups excluding carboxylic acids is 1. The summed E-state index contributed by atoms with van der Waals surface area (Å²) in [7, 11) is 0. The number of hydrogen-bond acceptors (Lipinski definition) is 3. The Morgan fingerprint density at radius 1 is 0.914 bits per heavy atom. The van der Waals surface area contributed by atoms with Gasteiger partial charge in [0.2, 0.25) is 0 Å². The Bertz CT molecular complexity index is 1090. The van der Waals surface area contributed by atoms with Gasteiger partial charge in [0.15, 0.2) is 0 Å². The van der Waals surface area contributed by atoms with Crippen molar-refractivity contribution < 1.29 is 4.79 Å². The van der Waals surface area contributed by atoms with E-state index in [-0.39, 0.29) is 6.03 Å². The lowest BCUT2D eigenvalue weighted by Crippen LogP contribution is -2.48. The zero-order valence-electron chi connectivity index (χ0n) is 20.5. The molecule has 6 heteroatoms. The fourth-order valence-electron chi connectivity index (χ4n) is 4.35. The Hall–Kier alpha value is -3.64. The summed E-state index contributed by atoms with van der Waals surface area (Å²) in [5.74, 6) is 0.514. The van der Waals surface area contributed by atoms with Crippen LogP contribution in [0.4, 0.5) is 16.2 Å². The maximum atomic E-state index is 13.4. The number of nitrogens with zero attached hydrogens (tertiary/aromatic N) is 3. The molecule has 0 atom stereocenters. The number of amides is 2. The minimum atomic E-state index is -0.201. The topological polar surface area (TPSA) is 62.7 Å². The number of benzene rings is 3. The van der Waals surface area contributed by atoms with Crippen molar-refractivity contribution in [2.24, 2.45) is 0 Å². The van der Waals surface area contributed by atoms with Gasteiger partial charge in [-0.2, -0.15) is 0 Å². The molecule has 0 saturated carbocycles. The first kappa shape index (κ1) is 24.5. The summed E-state index contributed by atoms with van der Waals surface area (Å²) in [6.07, 6.45) is 2.44. The summed E-state index contributed by atoms with van der Waals surface area (Å²) in [5, 5.41) is 11.8. The normalized spacial score (nSPS) is 13.9. The number of rotatable bonds is 8. The summed E-state index contributed by atoms with van der Waals surface area (Å²) < 4.78 is 0. The number of para-hydroxylation sites is 1. The molecule has 3 aromatic carbocycles. The van der Waals surface area contributed by atoms with Crippen molar-refractivity contribution in [3.05, 3.63) is 96.1 Å². The maximum absolute atomic E-state index is 13.4. The Labute approximate surface area is 208 Å². The number of amidine groups is 1. The molecule has 1 aliphatic rings. The van der Waals surface area contributed by atoms with Crippen LogP contribution in [0.1, 0.15) is 30.9 Å². The minimum absolute atomic E-state index is 0.201. The first-order valence-electron chi connectivity index (χ1n) is 12.5. The number of anilines is 2. The highest BCUT2D eigenvalue weighted by molar-refractivity contribution is 6.03. The van der Waals surface area contributed by atoms with Crippen LogP contribution < -0.4 is 10.2 Å². The largest absolute Gasteiger partial charge is 0.354 e. The average molecular weight is 470 g/mol. The molecular formula is C29H35N5O. The van der Waals surface area contributed by atoms with Gasteiger partial charge in [0.1, 0.15) is 5.84 Å². The molecule has 1 aliphatic heterocycles. The van der Waals surface area contributed by atoms with Crippen LogP contribution in [0.15, 0.2) is 84.9 Å². The molecule has 0 aliphatic carbocycles. The lowest BCUT2D eigenvalue weighted by Gasteiger charge is -2.36. The lowest BCUT2D eigenvalue weighted by atomic mass is 10.1. The maximum Gasteiger partial charge on any atom is 0.326 e. The Morgan fingerprint density at radius 3 is 2.29 bits per heavy atom. The predicted octanol–water partition coefficient (Wildman–Crippen LogP) is 5.67. The van der Waals surface area contributed by atoms with Crippen LogP contribution in [-0.2, 0) is 6.54 Å². The van der Waals surface area contributed by atoms with Crippen molar-refractivity contribution >= 4 is 23.2 Å². The molecule has 1 fully saturated rings. The average Bonchev–Trinajstić information content (AvgIpc) is 2.91. The fourth-order valence-corrected chi connectivity index (χ4v) is 4.35. The van der Waals surface area contributed by atoms with E-state index in [1.807, 2.05) is 84.9 Å². The second-order valence-corrected chi connectivity index (χ2v) is 8.95. The first-order chi connectivity index (χ1) is 17.1. The number of piperazine rings is 1. The number of nitrogens with one attached hydrogen (secondary N) is 2. The van der Waals surface area contributed by atoms with E-state index in [0.29, 0.717) is 18.1 Å². The quantitative estimate of drug-likeness (QED) is 0.330. The summed E-state index contributed by atoms with van der Waals surface area (Å²) in [6, 6.07) is 27.1. The molecule has 0 unspecified atom stereocenters. The first-order valence-corrected chi connectivity index (χ1v) is 12.5. The third-order valence-corrected chi connectivity index (χ3v) is 6.40. The molecule has 3 aromatic rings. The molecule has 2 amide bonds. The Morgan fingerprint density at radius 2 is 1.60 bits per heavy atom. The van der Waals surface area contributed by atoms with Gasteiger partial charge in [0.05, 0.1) is 6.54 Å². The van der Waals surface area contributed by atoms with Crippen LogP contribution in [-0.4, -0.2) is 54.4 Å². The molecule has 2 N–H and O–H groups in total. The second-order valence-electron chi connectivity index (χ2n) is 8.95. The molecule has 1 saturated heterocycles. The van der Waals surface area contributed by atoms with Crippen LogP contribution >= 0.6 is 0 Å². The highest BCUT2D eigenvalue weighted by atomic mass is 16.2. The predicted molar refractivity (Wildman–Crippen MR) is 144 cm³/mol. The van der Waals surface area contributed by atoms with Crippen LogP contribution in [0, 0.1) is 5.41 Å². The van der Waals surface area contributed by atoms with E-state index in [0.717, 1.165) is 49.5 Å². The molecule has 0 bridgehead atoms. The standard InChI is InChI=1S/C29H35N5O/c1-2-3-17-32-18-20-33(21-19-32)28(30)25-13-10-14-26(22-25)31-29(35)34(27-15-8-5-9-16-27)23-24-11-6-4-7-12-24/h4-16,22,30H,2-3,17-21,23H2,1H3,(H,31,35). The fraction of sp³-hybridized carbons (Fsp3) is 0.310. The zero-order chi connectivity index (χ0) is 24.5. The van der Waals surface area contributed by atoms with Gasteiger partial charge < -0.3 is 10.2 Å². The molecule has 0 radical (unpaired) electrons. The van der Waals surface area contributed by atoms with Gasteiger partial charge >= 0.3 is 6.03 Å². The van der Waals surface area contributed by atoms with Gasteiger partial charge in [-0.15, -0.1) is 0 Å². The summed E-state index contributed by atoms with van der Waals surface area (Å²) in [5.41, 5.74) is 3.39. The van der Waals surface area contributed by atoms with Gasteiger partial charge in [0.25, 0.3) is 0 Å². The minimum Gasteiger partial charge on any atom is -0.354 e. The SMILES string of the molecule is CCCCN1CCN(C(=N)c2cccc(NC(=O)N(Cc3ccccc3)c3ccccc3)c2)CC1. The second kappa shape index (κ2) is 12.2. The van der Waals surface area contributed by atoms with Crippen LogP contribution in [0.3, 0.4) is 0 Å². The van der Waals surface area contributed by atoms with E-state index >= 15 is 0 Å². The number of hydrogen-bond donors (Lipinski definition) is 2. The van der Waals surface area contributed by atoms with E-state index in [1.54, 1.807) is 4.90 Å². The highest BCUT2D eigenvalue weighted by Gasteiger charge is 2.21. The zero-order valence-corrected chi connectivity index (χ0v) is 20.5. The molecule has 1 heterocycles. The van der Waals surface area contributed by atoms with Crippen LogP contribution in [0.5, 0.6) is 0 Å². The van der Waals surface area contributed by atoms with Crippen molar-refractivity contribution in [2.75, 3.05) is 42.9 Å². The van der Waals surface area contributed by atoms with Gasteiger partial charge in [-0.3, -0.25) is 15.2 Å². The van der Waals surface area contributed by atoms with E-state index in [4.69, 9.17) is 5.41 Å². The summed E-state index contributed by atoms with van der Waals surface area (Å²) >= 11 is 0. The molecule has 0 spiro atoms. The van der Waals surface area contributed by atoms with Gasteiger partial charge in [-0.25, -0.2) is 4.79 Å². The molecule has 6 nitrogen and oxygen atoms in total.